The third kappa shape index (κ3) is 4.07. The Labute approximate surface area is 81.1 Å². The van der Waals surface area contributed by atoms with Crippen LogP contribution in [0.15, 0.2) is 0 Å². The summed E-state index contributed by atoms with van der Waals surface area (Å²) in [6.07, 6.45) is 4.36. The van der Waals surface area contributed by atoms with Gasteiger partial charge in [0.05, 0.1) is 6.10 Å². The first kappa shape index (κ1) is 11.0. The first-order chi connectivity index (χ1) is 6.20. The molecule has 1 fully saturated rings. The van der Waals surface area contributed by atoms with Crippen molar-refractivity contribution in [2.75, 3.05) is 27.2 Å². The second-order valence-electron chi connectivity index (χ2n) is 4.22. The SMILES string of the molecule is CN(C)CCCN[C@@H]1CCC[C@H]1O. The molecule has 3 heteroatoms. The first-order valence-corrected chi connectivity index (χ1v) is 5.26. The summed E-state index contributed by atoms with van der Waals surface area (Å²) in [5, 5.41) is 12.9. The predicted octanol–water partition coefficient (Wildman–Crippen LogP) is 0.441. The van der Waals surface area contributed by atoms with Crippen LogP contribution in [0.25, 0.3) is 0 Å². The Morgan fingerprint density at radius 1 is 1.38 bits per heavy atom. The van der Waals surface area contributed by atoms with E-state index in [0.29, 0.717) is 6.04 Å². The minimum atomic E-state index is -0.0978. The van der Waals surface area contributed by atoms with Crippen molar-refractivity contribution in [3.05, 3.63) is 0 Å². The highest BCUT2D eigenvalue weighted by atomic mass is 16.3. The van der Waals surface area contributed by atoms with Crippen LogP contribution in [0.5, 0.6) is 0 Å². The van der Waals surface area contributed by atoms with Gasteiger partial charge < -0.3 is 15.3 Å². The molecule has 1 aliphatic rings. The van der Waals surface area contributed by atoms with Gasteiger partial charge in [-0.1, -0.05) is 0 Å². The maximum atomic E-state index is 9.52. The van der Waals surface area contributed by atoms with Crippen LogP contribution in [0.4, 0.5) is 0 Å². The van der Waals surface area contributed by atoms with E-state index in [1.807, 2.05) is 0 Å². The van der Waals surface area contributed by atoms with Crippen LogP contribution in [0.1, 0.15) is 25.7 Å². The second kappa shape index (κ2) is 5.58. The van der Waals surface area contributed by atoms with Crippen LogP contribution in [0, 0.1) is 0 Å². The molecule has 0 saturated heterocycles. The summed E-state index contributed by atoms with van der Waals surface area (Å²) in [5.74, 6) is 0. The van der Waals surface area contributed by atoms with E-state index in [2.05, 4.69) is 24.3 Å². The topological polar surface area (TPSA) is 35.5 Å². The third-order valence-corrected chi connectivity index (χ3v) is 2.67. The molecular weight excluding hydrogens is 164 g/mol. The molecule has 78 valence electrons. The van der Waals surface area contributed by atoms with Crippen molar-refractivity contribution >= 4 is 0 Å². The van der Waals surface area contributed by atoms with E-state index in [4.69, 9.17) is 0 Å². The van der Waals surface area contributed by atoms with Gasteiger partial charge in [0.15, 0.2) is 0 Å². The lowest BCUT2D eigenvalue weighted by Gasteiger charge is -2.17. The molecule has 0 aromatic rings. The highest BCUT2D eigenvalue weighted by Crippen LogP contribution is 2.18. The summed E-state index contributed by atoms with van der Waals surface area (Å²) < 4.78 is 0. The molecule has 1 aliphatic carbocycles. The second-order valence-corrected chi connectivity index (χ2v) is 4.22. The fraction of sp³-hybridized carbons (Fsp3) is 1.00. The van der Waals surface area contributed by atoms with Crippen LogP contribution in [0.2, 0.25) is 0 Å². The van der Waals surface area contributed by atoms with Gasteiger partial charge in [0, 0.05) is 6.04 Å². The molecule has 0 bridgehead atoms. The number of rotatable bonds is 5. The van der Waals surface area contributed by atoms with Crippen LogP contribution in [-0.2, 0) is 0 Å². The Bertz CT molecular complexity index is 139. The third-order valence-electron chi connectivity index (χ3n) is 2.67. The molecule has 0 aromatic carbocycles. The van der Waals surface area contributed by atoms with Crippen LogP contribution >= 0.6 is 0 Å². The summed E-state index contributed by atoms with van der Waals surface area (Å²) in [4.78, 5) is 2.19. The number of hydrogen-bond acceptors (Lipinski definition) is 3. The van der Waals surface area contributed by atoms with Gasteiger partial charge in [-0.3, -0.25) is 0 Å². The highest BCUT2D eigenvalue weighted by Gasteiger charge is 2.23. The summed E-state index contributed by atoms with van der Waals surface area (Å²) in [5.41, 5.74) is 0. The number of nitrogens with zero attached hydrogens (tertiary/aromatic N) is 1. The molecule has 0 unspecified atom stereocenters. The van der Waals surface area contributed by atoms with Crippen molar-refractivity contribution in [3.63, 3.8) is 0 Å². The maximum Gasteiger partial charge on any atom is 0.0693 e. The van der Waals surface area contributed by atoms with Gasteiger partial charge in [0.25, 0.3) is 0 Å². The van der Waals surface area contributed by atoms with Gasteiger partial charge in [-0.05, 0) is 52.9 Å². The van der Waals surface area contributed by atoms with Gasteiger partial charge in [-0.2, -0.15) is 0 Å². The standard InChI is InChI=1S/C10H22N2O/c1-12(2)8-4-7-11-9-5-3-6-10(9)13/h9-11,13H,3-8H2,1-2H3/t9-,10-/m1/s1. The maximum absolute atomic E-state index is 9.52. The Morgan fingerprint density at radius 3 is 2.69 bits per heavy atom. The highest BCUT2D eigenvalue weighted by molar-refractivity contribution is 4.82. The number of hydrogen-bond donors (Lipinski definition) is 2. The molecule has 0 amide bonds. The smallest absolute Gasteiger partial charge is 0.0693 e. The molecular formula is C10H22N2O. The minimum Gasteiger partial charge on any atom is -0.392 e. The lowest BCUT2D eigenvalue weighted by molar-refractivity contribution is 0.149. The Hall–Kier alpha value is -0.120. The molecule has 0 spiro atoms. The molecule has 1 saturated carbocycles. The zero-order chi connectivity index (χ0) is 9.68. The fourth-order valence-corrected chi connectivity index (χ4v) is 1.86. The van der Waals surface area contributed by atoms with Crippen molar-refractivity contribution in [1.82, 2.24) is 10.2 Å². The number of nitrogens with one attached hydrogen (secondary N) is 1. The molecule has 13 heavy (non-hydrogen) atoms. The van der Waals surface area contributed by atoms with Crippen molar-refractivity contribution < 1.29 is 5.11 Å². The summed E-state index contributed by atoms with van der Waals surface area (Å²) in [6, 6.07) is 0.363. The van der Waals surface area contributed by atoms with Crippen LogP contribution in [-0.4, -0.2) is 49.3 Å². The van der Waals surface area contributed by atoms with Crippen molar-refractivity contribution in [1.29, 1.82) is 0 Å². The van der Waals surface area contributed by atoms with E-state index in [0.717, 1.165) is 32.4 Å². The lowest BCUT2D eigenvalue weighted by atomic mass is 10.2. The molecule has 0 radical (unpaired) electrons. The monoisotopic (exact) mass is 186 g/mol. The number of aliphatic hydroxyl groups is 1. The average Bonchev–Trinajstić information content (AvgIpc) is 2.45. The molecule has 1 rings (SSSR count). The molecule has 2 N–H and O–H groups in total. The summed E-state index contributed by atoms with van der Waals surface area (Å²) in [6.45, 7) is 2.15. The molecule has 0 aliphatic heterocycles. The van der Waals surface area contributed by atoms with E-state index in [1.165, 1.54) is 6.42 Å². The zero-order valence-electron chi connectivity index (χ0n) is 8.79. The van der Waals surface area contributed by atoms with Gasteiger partial charge in [0.2, 0.25) is 0 Å². The van der Waals surface area contributed by atoms with Gasteiger partial charge in [-0.25, -0.2) is 0 Å². The van der Waals surface area contributed by atoms with Gasteiger partial charge >= 0.3 is 0 Å². The van der Waals surface area contributed by atoms with Crippen LogP contribution < -0.4 is 5.32 Å². The Kier molecular flexibility index (Phi) is 4.70. The molecule has 2 atom stereocenters. The van der Waals surface area contributed by atoms with Crippen molar-refractivity contribution in [2.24, 2.45) is 0 Å². The van der Waals surface area contributed by atoms with Crippen LogP contribution in [0.3, 0.4) is 0 Å². The van der Waals surface area contributed by atoms with Crippen molar-refractivity contribution in [3.8, 4) is 0 Å². The summed E-state index contributed by atoms with van der Waals surface area (Å²) in [7, 11) is 4.18. The Morgan fingerprint density at radius 2 is 2.15 bits per heavy atom. The first-order valence-electron chi connectivity index (χ1n) is 5.26. The van der Waals surface area contributed by atoms with E-state index < -0.39 is 0 Å². The van der Waals surface area contributed by atoms with Crippen molar-refractivity contribution in [2.45, 2.75) is 37.8 Å². The largest absolute Gasteiger partial charge is 0.392 e. The predicted molar refractivity (Wildman–Crippen MR) is 54.8 cm³/mol. The quantitative estimate of drug-likeness (QED) is 0.612. The molecule has 0 aromatic heterocycles. The minimum absolute atomic E-state index is 0.0978. The average molecular weight is 186 g/mol. The normalized spacial score (nSPS) is 28.6. The van der Waals surface area contributed by atoms with E-state index in [9.17, 15) is 5.11 Å². The molecule has 0 heterocycles. The molecule has 3 nitrogen and oxygen atoms in total. The fourth-order valence-electron chi connectivity index (χ4n) is 1.86. The summed E-state index contributed by atoms with van der Waals surface area (Å²) >= 11 is 0. The van der Waals surface area contributed by atoms with Gasteiger partial charge in [-0.15, -0.1) is 0 Å². The van der Waals surface area contributed by atoms with E-state index in [1.54, 1.807) is 0 Å². The number of aliphatic hydroxyl groups excluding tert-OH is 1. The lowest BCUT2D eigenvalue weighted by Crippen LogP contribution is -2.36. The van der Waals surface area contributed by atoms with E-state index in [-0.39, 0.29) is 6.10 Å². The van der Waals surface area contributed by atoms with Gasteiger partial charge in [0.1, 0.15) is 0 Å². The Balaban J connectivity index is 1.99. The zero-order valence-corrected chi connectivity index (χ0v) is 8.79. The van der Waals surface area contributed by atoms with E-state index >= 15 is 0 Å².